The van der Waals surface area contributed by atoms with Crippen molar-refractivity contribution in [1.29, 1.82) is 0 Å². The Balaban J connectivity index is 1.74. The Morgan fingerprint density at radius 2 is 2.06 bits per heavy atom. The van der Waals surface area contributed by atoms with Gasteiger partial charge >= 0.3 is 0 Å². The van der Waals surface area contributed by atoms with Gasteiger partial charge in [0, 0.05) is 12.6 Å². The van der Waals surface area contributed by atoms with Crippen molar-refractivity contribution in [2.75, 3.05) is 26.3 Å². The molecule has 1 unspecified atom stereocenters. The summed E-state index contributed by atoms with van der Waals surface area (Å²) in [5, 5.41) is 8.81. The third-order valence-corrected chi connectivity index (χ3v) is 3.54. The quantitative estimate of drug-likeness (QED) is 0.753. The molecule has 1 aliphatic heterocycles. The number of unbranched alkanes of at least 4 members (excludes halogenated alkanes) is 1. The van der Waals surface area contributed by atoms with Crippen molar-refractivity contribution in [3.8, 4) is 5.75 Å². The molecule has 0 radical (unpaired) electrons. The summed E-state index contributed by atoms with van der Waals surface area (Å²) < 4.78 is 5.84. The molecule has 1 saturated heterocycles. The summed E-state index contributed by atoms with van der Waals surface area (Å²) in [4.78, 5) is 2.50. The molecule has 1 aromatic rings. The van der Waals surface area contributed by atoms with Crippen LogP contribution in [0.1, 0.15) is 25.7 Å². The van der Waals surface area contributed by atoms with Gasteiger partial charge in [-0.15, -0.1) is 0 Å². The lowest BCUT2D eigenvalue weighted by atomic mass is 10.2. The first kappa shape index (κ1) is 13.4. The fraction of sp³-hybridized carbons (Fsp3) is 0.600. The molecule has 1 aromatic carbocycles. The SMILES string of the molecule is OCCCCN1CCCC1COc1ccccc1. The van der Waals surface area contributed by atoms with Crippen molar-refractivity contribution in [3.63, 3.8) is 0 Å². The number of aliphatic hydroxyl groups is 1. The Morgan fingerprint density at radius 1 is 1.22 bits per heavy atom. The zero-order valence-electron chi connectivity index (χ0n) is 10.9. The number of benzene rings is 1. The van der Waals surface area contributed by atoms with E-state index in [-0.39, 0.29) is 0 Å². The van der Waals surface area contributed by atoms with Crippen molar-refractivity contribution in [3.05, 3.63) is 30.3 Å². The smallest absolute Gasteiger partial charge is 0.119 e. The molecule has 0 amide bonds. The molecule has 3 heteroatoms. The number of ether oxygens (including phenoxy) is 1. The first-order chi connectivity index (χ1) is 8.90. The normalized spacial score (nSPS) is 20.2. The van der Waals surface area contributed by atoms with Crippen LogP contribution in [0, 0.1) is 0 Å². The lowest BCUT2D eigenvalue weighted by Crippen LogP contribution is -2.35. The van der Waals surface area contributed by atoms with E-state index in [1.165, 1.54) is 19.4 Å². The van der Waals surface area contributed by atoms with Gasteiger partial charge in [0.05, 0.1) is 0 Å². The highest BCUT2D eigenvalue weighted by Crippen LogP contribution is 2.19. The van der Waals surface area contributed by atoms with E-state index < -0.39 is 0 Å². The predicted molar refractivity (Wildman–Crippen MR) is 72.9 cm³/mol. The number of para-hydroxylation sites is 1. The number of aliphatic hydroxyl groups excluding tert-OH is 1. The lowest BCUT2D eigenvalue weighted by molar-refractivity contribution is 0.167. The van der Waals surface area contributed by atoms with Crippen LogP contribution in [0.25, 0.3) is 0 Å². The van der Waals surface area contributed by atoms with E-state index in [9.17, 15) is 0 Å². The lowest BCUT2D eigenvalue weighted by Gasteiger charge is -2.24. The summed E-state index contributed by atoms with van der Waals surface area (Å²) in [5.41, 5.74) is 0. The molecule has 1 heterocycles. The third-order valence-electron chi connectivity index (χ3n) is 3.54. The van der Waals surface area contributed by atoms with E-state index in [0.29, 0.717) is 12.6 Å². The minimum absolute atomic E-state index is 0.305. The minimum atomic E-state index is 0.305. The Kier molecular flexibility index (Phi) is 5.49. The van der Waals surface area contributed by atoms with E-state index in [1.54, 1.807) is 0 Å². The number of rotatable bonds is 7. The number of nitrogens with zero attached hydrogens (tertiary/aromatic N) is 1. The molecule has 0 aliphatic carbocycles. The molecule has 2 rings (SSSR count). The highest BCUT2D eigenvalue weighted by Gasteiger charge is 2.24. The molecule has 1 N–H and O–H groups in total. The molecular formula is C15H23NO2. The van der Waals surface area contributed by atoms with Crippen LogP contribution in [-0.2, 0) is 0 Å². The molecule has 100 valence electrons. The van der Waals surface area contributed by atoms with E-state index >= 15 is 0 Å². The van der Waals surface area contributed by atoms with Gasteiger partial charge < -0.3 is 9.84 Å². The molecular weight excluding hydrogens is 226 g/mol. The molecule has 0 aromatic heterocycles. The standard InChI is InChI=1S/C15H23NO2/c17-12-5-4-10-16-11-6-7-14(16)13-18-15-8-2-1-3-9-15/h1-3,8-9,14,17H,4-7,10-13H2. The Bertz CT molecular complexity index is 329. The van der Waals surface area contributed by atoms with Crippen molar-refractivity contribution in [2.45, 2.75) is 31.7 Å². The monoisotopic (exact) mass is 249 g/mol. The molecule has 1 atom stereocenters. The van der Waals surface area contributed by atoms with Gasteiger partial charge in [-0.25, -0.2) is 0 Å². The van der Waals surface area contributed by atoms with Crippen LogP contribution >= 0.6 is 0 Å². The highest BCUT2D eigenvalue weighted by atomic mass is 16.5. The zero-order valence-corrected chi connectivity index (χ0v) is 10.9. The second-order valence-electron chi connectivity index (χ2n) is 4.89. The van der Waals surface area contributed by atoms with Gasteiger partial charge in [0.1, 0.15) is 12.4 Å². The van der Waals surface area contributed by atoms with Crippen LogP contribution in [0.15, 0.2) is 30.3 Å². The van der Waals surface area contributed by atoms with Crippen LogP contribution in [0.3, 0.4) is 0 Å². The van der Waals surface area contributed by atoms with E-state index in [1.807, 2.05) is 30.3 Å². The summed E-state index contributed by atoms with van der Waals surface area (Å²) in [6.45, 7) is 3.35. The minimum Gasteiger partial charge on any atom is -0.492 e. The topological polar surface area (TPSA) is 32.7 Å². The van der Waals surface area contributed by atoms with Crippen molar-refractivity contribution in [2.24, 2.45) is 0 Å². The van der Waals surface area contributed by atoms with Gasteiger partial charge in [-0.05, 0) is 50.9 Å². The van der Waals surface area contributed by atoms with Gasteiger partial charge in [0.25, 0.3) is 0 Å². The second kappa shape index (κ2) is 7.39. The van der Waals surface area contributed by atoms with Crippen molar-refractivity contribution in [1.82, 2.24) is 4.90 Å². The third kappa shape index (κ3) is 4.00. The second-order valence-corrected chi connectivity index (χ2v) is 4.89. The van der Waals surface area contributed by atoms with Crippen LogP contribution < -0.4 is 4.74 Å². The maximum atomic E-state index is 8.81. The Labute approximate surface area is 109 Å². The first-order valence-corrected chi connectivity index (χ1v) is 6.93. The first-order valence-electron chi connectivity index (χ1n) is 6.93. The van der Waals surface area contributed by atoms with Gasteiger partial charge in [-0.2, -0.15) is 0 Å². The number of likely N-dealkylation sites (tertiary alicyclic amines) is 1. The Morgan fingerprint density at radius 3 is 2.83 bits per heavy atom. The molecule has 18 heavy (non-hydrogen) atoms. The number of hydrogen-bond acceptors (Lipinski definition) is 3. The molecule has 0 spiro atoms. The average Bonchev–Trinajstić information content (AvgIpc) is 2.86. The van der Waals surface area contributed by atoms with Crippen molar-refractivity contribution < 1.29 is 9.84 Å². The average molecular weight is 249 g/mol. The molecule has 1 fully saturated rings. The van der Waals surface area contributed by atoms with Crippen LogP contribution in [0.2, 0.25) is 0 Å². The summed E-state index contributed by atoms with van der Waals surface area (Å²) in [6.07, 6.45) is 4.48. The summed E-state index contributed by atoms with van der Waals surface area (Å²) in [5.74, 6) is 0.958. The van der Waals surface area contributed by atoms with Crippen LogP contribution in [0.5, 0.6) is 5.75 Å². The highest BCUT2D eigenvalue weighted by molar-refractivity contribution is 5.20. The van der Waals surface area contributed by atoms with E-state index in [2.05, 4.69) is 4.90 Å². The molecule has 1 aliphatic rings. The molecule has 0 bridgehead atoms. The summed E-state index contributed by atoms with van der Waals surface area (Å²) in [6, 6.07) is 10.6. The molecule has 3 nitrogen and oxygen atoms in total. The maximum Gasteiger partial charge on any atom is 0.119 e. The van der Waals surface area contributed by atoms with Gasteiger partial charge in [-0.1, -0.05) is 18.2 Å². The number of hydrogen-bond donors (Lipinski definition) is 1. The molecule has 0 saturated carbocycles. The van der Waals surface area contributed by atoms with Gasteiger partial charge in [-0.3, -0.25) is 4.90 Å². The fourth-order valence-electron chi connectivity index (χ4n) is 2.51. The maximum absolute atomic E-state index is 8.81. The van der Waals surface area contributed by atoms with Crippen LogP contribution in [-0.4, -0.2) is 42.4 Å². The van der Waals surface area contributed by atoms with Crippen LogP contribution in [0.4, 0.5) is 0 Å². The Hall–Kier alpha value is -1.06. The fourth-order valence-corrected chi connectivity index (χ4v) is 2.51. The van der Waals surface area contributed by atoms with Gasteiger partial charge in [0.2, 0.25) is 0 Å². The van der Waals surface area contributed by atoms with E-state index in [0.717, 1.165) is 31.7 Å². The van der Waals surface area contributed by atoms with E-state index in [4.69, 9.17) is 9.84 Å². The summed E-state index contributed by atoms with van der Waals surface area (Å²) in [7, 11) is 0. The predicted octanol–water partition coefficient (Wildman–Crippen LogP) is 2.30. The summed E-state index contributed by atoms with van der Waals surface area (Å²) >= 11 is 0. The van der Waals surface area contributed by atoms with Crippen molar-refractivity contribution >= 4 is 0 Å². The zero-order chi connectivity index (χ0) is 12.6. The largest absolute Gasteiger partial charge is 0.492 e. The van der Waals surface area contributed by atoms with Gasteiger partial charge in [0.15, 0.2) is 0 Å².